The van der Waals surface area contributed by atoms with Crippen molar-refractivity contribution in [1.29, 1.82) is 0 Å². The summed E-state index contributed by atoms with van der Waals surface area (Å²) in [7, 11) is 1.20. The van der Waals surface area contributed by atoms with Gasteiger partial charge in [0.1, 0.15) is 5.75 Å². The number of rotatable bonds is 5. The van der Waals surface area contributed by atoms with E-state index in [-0.39, 0.29) is 33.0 Å². The molecule has 0 aliphatic rings. The van der Waals surface area contributed by atoms with Crippen LogP contribution in [0.5, 0.6) is 11.6 Å². The van der Waals surface area contributed by atoms with E-state index in [0.717, 1.165) is 28.6 Å². The van der Waals surface area contributed by atoms with Crippen molar-refractivity contribution >= 4 is 35.0 Å². The van der Waals surface area contributed by atoms with Crippen LogP contribution >= 0.6 is 35.0 Å². The lowest BCUT2D eigenvalue weighted by Crippen LogP contribution is -2.09. The third-order valence-corrected chi connectivity index (χ3v) is 6.03. The number of aromatic nitrogens is 2. The van der Waals surface area contributed by atoms with Gasteiger partial charge in [0.2, 0.25) is 5.88 Å². The molecule has 0 unspecified atom stereocenters. The molecule has 0 amide bonds. The van der Waals surface area contributed by atoms with Crippen LogP contribution in [0.3, 0.4) is 0 Å². The smallest absolute Gasteiger partial charge is 0.435 e. The average Bonchev–Trinajstić information content (AvgIpc) is 2.97. The first-order valence-corrected chi connectivity index (χ1v) is 10.2. The Morgan fingerprint density at radius 1 is 0.968 bits per heavy atom. The summed E-state index contributed by atoms with van der Waals surface area (Å²) < 4.78 is 85.8. The third kappa shape index (κ3) is 5.42. The summed E-state index contributed by atoms with van der Waals surface area (Å²) in [5.74, 6) is -0.920. The van der Waals surface area contributed by atoms with Gasteiger partial charge in [-0.2, -0.15) is 31.4 Å². The van der Waals surface area contributed by atoms with E-state index >= 15 is 0 Å². The minimum Gasteiger partial charge on any atom is -0.439 e. The lowest BCUT2D eigenvalue weighted by molar-refractivity contribution is -0.142. The van der Waals surface area contributed by atoms with Gasteiger partial charge in [-0.1, -0.05) is 35.3 Å². The van der Waals surface area contributed by atoms with Crippen LogP contribution in [0, 0.1) is 0 Å². The van der Waals surface area contributed by atoms with E-state index in [1.807, 2.05) is 0 Å². The lowest BCUT2D eigenvalue weighted by atomic mass is 10.2. The van der Waals surface area contributed by atoms with E-state index < -0.39 is 23.6 Å². The SMILES string of the molecule is Cn1nc(C(F)(F)F)c(CSc2c(Cl)cccc2Cl)c1Oc1cccc(C(F)(F)F)c1. The van der Waals surface area contributed by atoms with Gasteiger partial charge in [-0.3, -0.25) is 0 Å². The Morgan fingerprint density at radius 2 is 1.58 bits per heavy atom. The van der Waals surface area contributed by atoms with Crippen molar-refractivity contribution in [1.82, 2.24) is 9.78 Å². The van der Waals surface area contributed by atoms with Gasteiger partial charge in [-0.25, -0.2) is 4.68 Å². The number of hydrogen-bond acceptors (Lipinski definition) is 3. The molecule has 166 valence electrons. The molecule has 0 aliphatic heterocycles. The highest BCUT2D eigenvalue weighted by Gasteiger charge is 2.40. The fraction of sp³-hybridized carbons (Fsp3) is 0.211. The highest BCUT2D eigenvalue weighted by atomic mass is 35.5. The molecular formula is C19H12Cl2F6N2OS. The summed E-state index contributed by atoms with van der Waals surface area (Å²) in [6, 6.07) is 8.47. The summed E-state index contributed by atoms with van der Waals surface area (Å²) in [5, 5.41) is 3.96. The van der Waals surface area contributed by atoms with Crippen molar-refractivity contribution in [3.63, 3.8) is 0 Å². The van der Waals surface area contributed by atoms with Crippen molar-refractivity contribution in [3.05, 3.63) is 69.3 Å². The van der Waals surface area contributed by atoms with E-state index in [4.69, 9.17) is 27.9 Å². The van der Waals surface area contributed by atoms with Crippen LogP contribution in [-0.2, 0) is 25.2 Å². The van der Waals surface area contributed by atoms with Gasteiger partial charge in [0.25, 0.3) is 0 Å². The van der Waals surface area contributed by atoms with Crippen molar-refractivity contribution < 1.29 is 31.1 Å². The van der Waals surface area contributed by atoms with Crippen LogP contribution < -0.4 is 4.74 Å². The predicted octanol–water partition coefficient (Wildman–Crippen LogP) is 7.85. The molecule has 0 bridgehead atoms. The van der Waals surface area contributed by atoms with E-state index in [9.17, 15) is 26.3 Å². The quantitative estimate of drug-likeness (QED) is 0.263. The molecule has 0 radical (unpaired) electrons. The molecule has 0 spiro atoms. The molecule has 0 saturated carbocycles. The molecule has 12 heteroatoms. The van der Waals surface area contributed by atoms with Crippen LogP contribution in [0.2, 0.25) is 10.0 Å². The van der Waals surface area contributed by atoms with E-state index in [2.05, 4.69) is 5.10 Å². The highest BCUT2D eigenvalue weighted by Crippen LogP contribution is 2.43. The summed E-state index contributed by atoms with van der Waals surface area (Å²) in [6.07, 6.45) is -9.45. The zero-order chi connectivity index (χ0) is 23.0. The van der Waals surface area contributed by atoms with Crippen LogP contribution in [-0.4, -0.2) is 9.78 Å². The molecule has 1 heterocycles. The number of benzene rings is 2. The van der Waals surface area contributed by atoms with E-state index in [1.54, 1.807) is 6.07 Å². The zero-order valence-electron chi connectivity index (χ0n) is 15.5. The Balaban J connectivity index is 2.00. The molecule has 0 saturated heterocycles. The molecule has 0 fully saturated rings. The number of thioether (sulfide) groups is 1. The fourth-order valence-electron chi connectivity index (χ4n) is 2.65. The number of ether oxygens (including phenoxy) is 1. The maximum absolute atomic E-state index is 13.5. The Hall–Kier alpha value is -2.04. The summed E-state index contributed by atoms with van der Waals surface area (Å²) in [6.45, 7) is 0. The Labute approximate surface area is 186 Å². The topological polar surface area (TPSA) is 27.1 Å². The summed E-state index contributed by atoms with van der Waals surface area (Å²) >= 11 is 13.1. The second kappa shape index (κ2) is 8.84. The molecule has 0 aliphatic carbocycles. The number of alkyl halides is 6. The second-order valence-electron chi connectivity index (χ2n) is 6.22. The molecule has 0 atom stereocenters. The minimum atomic E-state index is -4.81. The molecule has 0 N–H and O–H groups in total. The van der Waals surface area contributed by atoms with Crippen LogP contribution in [0.4, 0.5) is 26.3 Å². The van der Waals surface area contributed by atoms with Crippen molar-refractivity contribution in [2.75, 3.05) is 0 Å². The Kier molecular flexibility index (Phi) is 6.73. The van der Waals surface area contributed by atoms with Gasteiger partial charge in [-0.15, -0.1) is 11.8 Å². The molecule has 3 nitrogen and oxygen atoms in total. The molecule has 3 aromatic rings. The fourth-order valence-corrected chi connectivity index (χ4v) is 4.34. The van der Waals surface area contributed by atoms with Gasteiger partial charge >= 0.3 is 12.4 Å². The lowest BCUT2D eigenvalue weighted by Gasteiger charge is -2.13. The standard InChI is InChI=1S/C19H12Cl2F6N2OS/c1-29-17(30-11-5-2-4-10(8-11)18(22,23)24)12(16(28-29)19(25,26)27)9-31-15-13(20)6-3-7-14(15)21/h2-8H,9H2,1H3. The first kappa shape index (κ1) is 23.6. The Morgan fingerprint density at radius 3 is 2.16 bits per heavy atom. The second-order valence-corrected chi connectivity index (χ2v) is 8.02. The maximum Gasteiger partial charge on any atom is 0.435 e. The van der Waals surface area contributed by atoms with Crippen LogP contribution in [0.1, 0.15) is 16.8 Å². The first-order chi connectivity index (χ1) is 14.4. The molecule has 1 aromatic heterocycles. The number of halogens is 8. The summed E-state index contributed by atoms with van der Waals surface area (Å²) in [4.78, 5) is 0.354. The van der Waals surface area contributed by atoms with Gasteiger partial charge in [-0.05, 0) is 30.3 Å². The predicted molar refractivity (Wildman–Crippen MR) is 106 cm³/mol. The minimum absolute atomic E-state index is 0.246. The number of aryl methyl sites for hydroxylation is 1. The largest absolute Gasteiger partial charge is 0.439 e. The monoisotopic (exact) mass is 500 g/mol. The van der Waals surface area contributed by atoms with E-state index in [1.165, 1.54) is 25.2 Å². The van der Waals surface area contributed by atoms with Crippen molar-refractivity contribution in [2.24, 2.45) is 7.05 Å². The molecule has 2 aromatic carbocycles. The maximum atomic E-state index is 13.5. The first-order valence-electron chi connectivity index (χ1n) is 8.43. The number of nitrogens with zero attached hydrogens (tertiary/aromatic N) is 2. The van der Waals surface area contributed by atoms with Gasteiger partial charge in [0.15, 0.2) is 5.69 Å². The normalized spacial score (nSPS) is 12.3. The van der Waals surface area contributed by atoms with Crippen LogP contribution in [0.15, 0.2) is 47.4 Å². The van der Waals surface area contributed by atoms with E-state index in [0.29, 0.717) is 11.0 Å². The van der Waals surface area contributed by atoms with Crippen LogP contribution in [0.25, 0.3) is 0 Å². The number of hydrogen-bond donors (Lipinski definition) is 0. The van der Waals surface area contributed by atoms with Gasteiger partial charge in [0.05, 0.1) is 21.2 Å². The molecular weight excluding hydrogens is 489 g/mol. The van der Waals surface area contributed by atoms with Gasteiger partial charge < -0.3 is 4.74 Å². The third-order valence-electron chi connectivity index (χ3n) is 4.01. The van der Waals surface area contributed by atoms with Gasteiger partial charge in [0, 0.05) is 17.7 Å². The molecule has 31 heavy (non-hydrogen) atoms. The zero-order valence-corrected chi connectivity index (χ0v) is 17.8. The summed E-state index contributed by atoms with van der Waals surface area (Å²) in [5.41, 5.74) is -2.57. The highest BCUT2D eigenvalue weighted by molar-refractivity contribution is 7.98. The van der Waals surface area contributed by atoms with Crippen molar-refractivity contribution in [2.45, 2.75) is 23.0 Å². The van der Waals surface area contributed by atoms with Crippen molar-refractivity contribution in [3.8, 4) is 11.6 Å². The average molecular weight is 501 g/mol. The molecule has 3 rings (SSSR count). The Bertz CT molecular complexity index is 1080.